The molecule has 1 fully saturated rings. The maximum atomic E-state index is 12.6. The predicted octanol–water partition coefficient (Wildman–Crippen LogP) is 2.60. The molecule has 2 heterocycles. The molecule has 1 aromatic heterocycles. The number of carbonyl (C=O) groups is 1. The number of carbonyl (C=O) groups excluding carboxylic acids is 1. The van der Waals surface area contributed by atoms with Crippen molar-refractivity contribution in [3.05, 3.63) is 46.8 Å². The number of halogens is 1. The van der Waals surface area contributed by atoms with Gasteiger partial charge < -0.3 is 10.6 Å². The molecule has 1 unspecified atom stereocenters. The van der Waals surface area contributed by atoms with E-state index < -0.39 is 0 Å². The third-order valence-electron chi connectivity index (χ3n) is 4.96. The second-order valence-corrected chi connectivity index (χ2v) is 6.95. The average Bonchev–Trinajstić information content (AvgIpc) is 2.99. The molecule has 0 radical (unpaired) electrons. The first-order chi connectivity index (χ1) is 12.1. The maximum Gasteiger partial charge on any atom is 0.273 e. The van der Waals surface area contributed by atoms with Crippen molar-refractivity contribution in [3.63, 3.8) is 0 Å². The highest BCUT2D eigenvalue weighted by atomic mass is 35.5. The van der Waals surface area contributed by atoms with E-state index in [2.05, 4.69) is 40.0 Å². The molecule has 0 bridgehead atoms. The van der Waals surface area contributed by atoms with Gasteiger partial charge in [-0.2, -0.15) is 0 Å². The number of rotatable bonds is 5. The summed E-state index contributed by atoms with van der Waals surface area (Å²) in [5.74, 6) is -0.140. The zero-order valence-corrected chi connectivity index (χ0v) is 16.5. The van der Waals surface area contributed by atoms with Crippen LogP contribution in [0, 0.1) is 13.8 Å². The van der Waals surface area contributed by atoms with Gasteiger partial charge in [0.05, 0.1) is 11.7 Å². The quantitative estimate of drug-likeness (QED) is 0.840. The third-order valence-corrected chi connectivity index (χ3v) is 4.96. The van der Waals surface area contributed by atoms with E-state index in [1.165, 1.54) is 11.1 Å². The third kappa shape index (κ3) is 4.62. The van der Waals surface area contributed by atoms with Gasteiger partial charge >= 0.3 is 0 Å². The van der Waals surface area contributed by atoms with Gasteiger partial charge in [-0.05, 0) is 64.3 Å². The molecule has 1 aromatic carbocycles. The Bertz CT molecular complexity index is 739. The summed E-state index contributed by atoms with van der Waals surface area (Å²) in [6.07, 6.45) is 2.85. The number of aromatic nitrogens is 3. The smallest absolute Gasteiger partial charge is 0.273 e. The molecule has 1 aliphatic rings. The molecule has 2 aromatic rings. The Kier molecular flexibility index (Phi) is 7.17. The molecule has 7 heteroatoms. The number of piperidine rings is 1. The minimum Gasteiger partial charge on any atom is -0.348 e. The van der Waals surface area contributed by atoms with E-state index >= 15 is 0 Å². The topological polar surface area (TPSA) is 71.8 Å². The number of amides is 1. The summed E-state index contributed by atoms with van der Waals surface area (Å²) in [6, 6.07) is 8.64. The van der Waals surface area contributed by atoms with Crippen molar-refractivity contribution in [2.75, 3.05) is 13.1 Å². The lowest BCUT2D eigenvalue weighted by Crippen LogP contribution is -2.35. The normalized spacial score (nSPS) is 16.0. The van der Waals surface area contributed by atoms with E-state index in [1.807, 2.05) is 30.7 Å². The highest BCUT2D eigenvalue weighted by molar-refractivity contribution is 5.93. The molecule has 1 atom stereocenters. The predicted molar refractivity (Wildman–Crippen MR) is 105 cm³/mol. The molecule has 3 rings (SSSR count). The van der Waals surface area contributed by atoms with Gasteiger partial charge in [-0.15, -0.1) is 17.5 Å². The lowest BCUT2D eigenvalue weighted by molar-refractivity contribution is 0.0934. The van der Waals surface area contributed by atoms with Crippen LogP contribution in [0.1, 0.15) is 53.1 Å². The number of hydrogen-bond donors (Lipinski definition) is 2. The Balaban J connectivity index is 0.00000243. The largest absolute Gasteiger partial charge is 0.348 e. The lowest BCUT2D eigenvalue weighted by atomic mass is 10.0. The molecule has 1 aliphatic heterocycles. The van der Waals surface area contributed by atoms with Crippen LogP contribution in [-0.4, -0.2) is 40.0 Å². The summed E-state index contributed by atoms with van der Waals surface area (Å²) in [6.45, 7) is 8.02. The molecular weight excluding hydrogens is 350 g/mol. The van der Waals surface area contributed by atoms with Gasteiger partial charge in [0, 0.05) is 6.04 Å². The fraction of sp³-hybridized carbons (Fsp3) is 0.526. The van der Waals surface area contributed by atoms with Gasteiger partial charge in [0.2, 0.25) is 0 Å². The van der Waals surface area contributed by atoms with E-state index in [-0.39, 0.29) is 24.4 Å². The number of hydrogen-bond acceptors (Lipinski definition) is 4. The van der Waals surface area contributed by atoms with Gasteiger partial charge in [-0.3, -0.25) is 4.79 Å². The van der Waals surface area contributed by atoms with E-state index in [9.17, 15) is 4.79 Å². The molecule has 26 heavy (non-hydrogen) atoms. The maximum absolute atomic E-state index is 12.6. The Labute approximate surface area is 161 Å². The monoisotopic (exact) mass is 377 g/mol. The Morgan fingerprint density at radius 1 is 1.31 bits per heavy atom. The summed E-state index contributed by atoms with van der Waals surface area (Å²) < 4.78 is 1.92. The molecule has 1 saturated heterocycles. The molecule has 0 aliphatic carbocycles. The molecular formula is C19H28ClN5O. The van der Waals surface area contributed by atoms with Crippen molar-refractivity contribution in [2.24, 2.45) is 0 Å². The summed E-state index contributed by atoms with van der Waals surface area (Å²) >= 11 is 0. The van der Waals surface area contributed by atoms with Crippen LogP contribution >= 0.6 is 12.4 Å². The van der Waals surface area contributed by atoms with Crippen LogP contribution in [0.4, 0.5) is 0 Å². The van der Waals surface area contributed by atoms with Crippen LogP contribution in [0.3, 0.4) is 0 Å². The van der Waals surface area contributed by atoms with Gasteiger partial charge in [-0.1, -0.05) is 29.5 Å². The molecule has 2 N–H and O–H groups in total. The molecule has 142 valence electrons. The van der Waals surface area contributed by atoms with Gasteiger partial charge in [-0.25, -0.2) is 4.68 Å². The summed E-state index contributed by atoms with van der Waals surface area (Å²) in [5.41, 5.74) is 3.80. The second kappa shape index (κ2) is 9.14. The zero-order chi connectivity index (χ0) is 17.8. The van der Waals surface area contributed by atoms with Crippen LogP contribution in [0.25, 0.3) is 0 Å². The van der Waals surface area contributed by atoms with Crippen molar-refractivity contribution >= 4 is 18.3 Å². The Hall–Kier alpha value is -1.92. The number of benzene rings is 1. The highest BCUT2D eigenvalue weighted by Gasteiger charge is 2.23. The number of aryl methyl sites for hydroxylation is 1. The van der Waals surface area contributed by atoms with Gasteiger partial charge in [0.25, 0.3) is 5.91 Å². The molecule has 6 nitrogen and oxygen atoms in total. The molecule has 0 spiro atoms. The van der Waals surface area contributed by atoms with Crippen molar-refractivity contribution in [3.8, 4) is 0 Å². The second-order valence-electron chi connectivity index (χ2n) is 6.95. The van der Waals surface area contributed by atoms with Crippen LogP contribution in [0.5, 0.6) is 0 Å². The standard InChI is InChI=1S/C19H27N5O.ClH/c1-13-6-4-5-7-16(13)12-14(2)21-19(25)18-15(3)24(23-22-18)17-8-10-20-11-9-17;/h4-7,14,17,20H,8-12H2,1-3H3,(H,21,25);1H. The Morgan fingerprint density at radius 3 is 2.69 bits per heavy atom. The average molecular weight is 378 g/mol. The van der Waals surface area contributed by atoms with Crippen LogP contribution in [0.2, 0.25) is 0 Å². The van der Waals surface area contributed by atoms with E-state index in [0.717, 1.165) is 38.0 Å². The van der Waals surface area contributed by atoms with E-state index in [4.69, 9.17) is 0 Å². The summed E-state index contributed by atoms with van der Waals surface area (Å²) in [4.78, 5) is 12.6. The fourth-order valence-corrected chi connectivity index (χ4v) is 3.46. The van der Waals surface area contributed by atoms with Crippen LogP contribution in [-0.2, 0) is 6.42 Å². The van der Waals surface area contributed by atoms with Crippen molar-refractivity contribution < 1.29 is 4.79 Å². The van der Waals surface area contributed by atoms with Crippen molar-refractivity contribution in [1.29, 1.82) is 0 Å². The highest BCUT2D eigenvalue weighted by Crippen LogP contribution is 2.20. The number of nitrogens with one attached hydrogen (secondary N) is 2. The van der Waals surface area contributed by atoms with Crippen molar-refractivity contribution in [1.82, 2.24) is 25.6 Å². The van der Waals surface area contributed by atoms with Gasteiger partial charge in [0.15, 0.2) is 5.69 Å². The van der Waals surface area contributed by atoms with Crippen molar-refractivity contribution in [2.45, 2.75) is 52.1 Å². The summed E-state index contributed by atoms with van der Waals surface area (Å²) in [7, 11) is 0. The Morgan fingerprint density at radius 2 is 2.00 bits per heavy atom. The minimum atomic E-state index is -0.140. The molecule has 0 saturated carbocycles. The zero-order valence-electron chi connectivity index (χ0n) is 15.7. The van der Waals surface area contributed by atoms with E-state index in [0.29, 0.717) is 11.7 Å². The van der Waals surface area contributed by atoms with Crippen LogP contribution in [0.15, 0.2) is 24.3 Å². The summed E-state index contributed by atoms with van der Waals surface area (Å²) in [5, 5.41) is 14.8. The first-order valence-corrected chi connectivity index (χ1v) is 9.04. The van der Waals surface area contributed by atoms with Crippen LogP contribution < -0.4 is 10.6 Å². The molecule has 1 amide bonds. The first-order valence-electron chi connectivity index (χ1n) is 9.04. The fourth-order valence-electron chi connectivity index (χ4n) is 3.46. The minimum absolute atomic E-state index is 0. The lowest BCUT2D eigenvalue weighted by Gasteiger charge is -2.23. The SMILES string of the molecule is Cc1ccccc1CC(C)NC(=O)c1nnn(C2CCNCC2)c1C.Cl. The first kappa shape index (κ1) is 20.4. The van der Waals surface area contributed by atoms with E-state index in [1.54, 1.807) is 0 Å². The van der Waals surface area contributed by atoms with Gasteiger partial charge in [0.1, 0.15) is 0 Å². The number of nitrogens with zero attached hydrogens (tertiary/aromatic N) is 3.